The van der Waals surface area contributed by atoms with Gasteiger partial charge in [-0.1, -0.05) is 56.0 Å². The van der Waals surface area contributed by atoms with Gasteiger partial charge in [0, 0.05) is 19.0 Å². The first kappa shape index (κ1) is 14.1. The molecule has 1 aliphatic rings. The van der Waals surface area contributed by atoms with Gasteiger partial charge < -0.3 is 4.90 Å². The van der Waals surface area contributed by atoms with Crippen molar-refractivity contribution in [1.29, 1.82) is 0 Å². The number of aryl methyl sites for hydroxylation is 1. The van der Waals surface area contributed by atoms with Crippen molar-refractivity contribution < 1.29 is 4.79 Å². The summed E-state index contributed by atoms with van der Waals surface area (Å²) in [5.74, 6) is 0.299. The lowest BCUT2D eigenvalue weighted by Crippen LogP contribution is -2.40. The molecule has 1 fully saturated rings. The molecule has 0 heterocycles. The molecule has 1 aliphatic carbocycles. The van der Waals surface area contributed by atoms with E-state index in [4.69, 9.17) is 0 Å². The highest BCUT2D eigenvalue weighted by Gasteiger charge is 2.24. The molecule has 19 heavy (non-hydrogen) atoms. The molecule has 0 radical (unpaired) electrons. The van der Waals surface area contributed by atoms with Crippen LogP contribution in [0.1, 0.15) is 56.6 Å². The highest BCUT2D eigenvalue weighted by molar-refractivity contribution is 5.76. The Labute approximate surface area is 116 Å². The molecule has 1 aromatic rings. The highest BCUT2D eigenvalue weighted by atomic mass is 16.2. The number of amides is 1. The SMILES string of the molecule is CCC(=O)N(Cc1ccc(C)cc1)C1CCCCC1. The zero-order valence-electron chi connectivity index (χ0n) is 12.2. The lowest BCUT2D eigenvalue weighted by Gasteiger charge is -2.34. The zero-order chi connectivity index (χ0) is 13.7. The van der Waals surface area contributed by atoms with Gasteiger partial charge in [-0.05, 0) is 25.3 Å². The summed E-state index contributed by atoms with van der Waals surface area (Å²) in [5, 5.41) is 0. The van der Waals surface area contributed by atoms with Gasteiger partial charge >= 0.3 is 0 Å². The second-order valence-electron chi connectivity index (χ2n) is 5.65. The van der Waals surface area contributed by atoms with Gasteiger partial charge in [0.05, 0.1) is 0 Å². The summed E-state index contributed by atoms with van der Waals surface area (Å²) in [7, 11) is 0. The summed E-state index contributed by atoms with van der Waals surface area (Å²) in [6.45, 7) is 4.84. The molecule has 0 N–H and O–H groups in total. The third-order valence-electron chi connectivity index (χ3n) is 4.11. The molecule has 2 heteroatoms. The maximum absolute atomic E-state index is 12.2. The van der Waals surface area contributed by atoms with E-state index in [1.54, 1.807) is 0 Å². The fourth-order valence-corrected chi connectivity index (χ4v) is 2.91. The topological polar surface area (TPSA) is 20.3 Å². The van der Waals surface area contributed by atoms with E-state index >= 15 is 0 Å². The average Bonchev–Trinajstić information content (AvgIpc) is 2.47. The lowest BCUT2D eigenvalue weighted by molar-refractivity contribution is -0.134. The van der Waals surface area contributed by atoms with Crippen LogP contribution in [0.3, 0.4) is 0 Å². The van der Waals surface area contributed by atoms with E-state index in [0.717, 1.165) is 6.54 Å². The van der Waals surface area contributed by atoms with E-state index in [-0.39, 0.29) is 0 Å². The lowest BCUT2D eigenvalue weighted by atomic mass is 9.93. The number of nitrogens with zero attached hydrogens (tertiary/aromatic N) is 1. The van der Waals surface area contributed by atoms with E-state index < -0.39 is 0 Å². The quantitative estimate of drug-likeness (QED) is 0.798. The molecule has 0 atom stereocenters. The Kier molecular flexibility index (Phi) is 5.00. The first-order chi connectivity index (χ1) is 9.20. The predicted molar refractivity (Wildman–Crippen MR) is 78.9 cm³/mol. The molecular weight excluding hydrogens is 234 g/mol. The summed E-state index contributed by atoms with van der Waals surface area (Å²) in [6.07, 6.45) is 6.84. The van der Waals surface area contributed by atoms with E-state index in [1.807, 2.05) is 6.92 Å². The molecule has 1 amide bonds. The van der Waals surface area contributed by atoms with Crippen LogP contribution in [-0.4, -0.2) is 16.8 Å². The third-order valence-corrected chi connectivity index (χ3v) is 4.11. The number of hydrogen-bond acceptors (Lipinski definition) is 1. The predicted octanol–water partition coefficient (Wildman–Crippen LogP) is 4.07. The number of carbonyl (C=O) groups excluding carboxylic acids is 1. The van der Waals surface area contributed by atoms with Gasteiger partial charge in [-0.2, -0.15) is 0 Å². The minimum absolute atomic E-state index is 0.299. The van der Waals surface area contributed by atoms with E-state index in [2.05, 4.69) is 36.1 Å². The standard InChI is InChI=1S/C17H25NO/c1-3-17(19)18(16-7-5-4-6-8-16)13-15-11-9-14(2)10-12-15/h9-12,16H,3-8,13H2,1-2H3. The Morgan fingerprint density at radius 3 is 2.37 bits per heavy atom. The number of benzene rings is 1. The molecule has 0 bridgehead atoms. The van der Waals surface area contributed by atoms with Crippen LogP contribution in [0.2, 0.25) is 0 Å². The van der Waals surface area contributed by atoms with E-state index in [1.165, 1.54) is 43.2 Å². The van der Waals surface area contributed by atoms with Crippen molar-refractivity contribution in [1.82, 2.24) is 4.90 Å². The van der Waals surface area contributed by atoms with Gasteiger partial charge in [0.25, 0.3) is 0 Å². The number of rotatable bonds is 4. The van der Waals surface area contributed by atoms with E-state index in [9.17, 15) is 4.79 Å². The van der Waals surface area contributed by atoms with Crippen LogP contribution in [0.4, 0.5) is 0 Å². The van der Waals surface area contributed by atoms with Crippen molar-refractivity contribution in [2.75, 3.05) is 0 Å². The first-order valence-electron chi connectivity index (χ1n) is 7.55. The van der Waals surface area contributed by atoms with Gasteiger partial charge in [0.15, 0.2) is 0 Å². The second kappa shape index (κ2) is 6.74. The van der Waals surface area contributed by atoms with Crippen LogP contribution in [0.25, 0.3) is 0 Å². The van der Waals surface area contributed by atoms with Crippen molar-refractivity contribution in [2.45, 2.75) is 65.0 Å². The minimum Gasteiger partial charge on any atom is -0.335 e. The molecule has 2 nitrogen and oxygen atoms in total. The highest BCUT2D eigenvalue weighted by Crippen LogP contribution is 2.24. The Morgan fingerprint density at radius 2 is 1.79 bits per heavy atom. The van der Waals surface area contributed by atoms with Crippen molar-refractivity contribution in [2.24, 2.45) is 0 Å². The van der Waals surface area contributed by atoms with Crippen LogP contribution >= 0.6 is 0 Å². The van der Waals surface area contributed by atoms with Crippen LogP contribution in [0.5, 0.6) is 0 Å². The van der Waals surface area contributed by atoms with Gasteiger partial charge in [0.2, 0.25) is 5.91 Å². The average molecular weight is 259 g/mol. The summed E-state index contributed by atoms with van der Waals surface area (Å²) >= 11 is 0. The monoisotopic (exact) mass is 259 g/mol. The molecule has 0 saturated heterocycles. The fourth-order valence-electron chi connectivity index (χ4n) is 2.91. The molecule has 0 aliphatic heterocycles. The maximum atomic E-state index is 12.2. The summed E-state index contributed by atoms with van der Waals surface area (Å²) in [4.78, 5) is 14.3. The maximum Gasteiger partial charge on any atom is 0.222 e. The van der Waals surface area contributed by atoms with Crippen LogP contribution < -0.4 is 0 Å². The molecule has 104 valence electrons. The van der Waals surface area contributed by atoms with Crippen molar-refractivity contribution >= 4 is 5.91 Å². The smallest absolute Gasteiger partial charge is 0.222 e. The Balaban J connectivity index is 2.08. The van der Waals surface area contributed by atoms with Gasteiger partial charge in [-0.15, -0.1) is 0 Å². The molecule has 2 rings (SSSR count). The van der Waals surface area contributed by atoms with Crippen molar-refractivity contribution in [3.63, 3.8) is 0 Å². The van der Waals surface area contributed by atoms with Gasteiger partial charge in [-0.25, -0.2) is 0 Å². The third kappa shape index (κ3) is 3.82. The van der Waals surface area contributed by atoms with Crippen LogP contribution in [0, 0.1) is 6.92 Å². The Morgan fingerprint density at radius 1 is 1.16 bits per heavy atom. The number of hydrogen-bond donors (Lipinski definition) is 0. The molecule has 0 spiro atoms. The molecular formula is C17H25NO. The molecule has 0 aromatic heterocycles. The summed E-state index contributed by atoms with van der Waals surface area (Å²) < 4.78 is 0. The van der Waals surface area contributed by atoms with Crippen LogP contribution in [0.15, 0.2) is 24.3 Å². The minimum atomic E-state index is 0.299. The van der Waals surface area contributed by atoms with Gasteiger partial charge in [-0.3, -0.25) is 4.79 Å². The molecule has 0 unspecified atom stereocenters. The Bertz CT molecular complexity index is 404. The summed E-state index contributed by atoms with van der Waals surface area (Å²) in [5.41, 5.74) is 2.52. The zero-order valence-corrected chi connectivity index (χ0v) is 12.2. The van der Waals surface area contributed by atoms with Gasteiger partial charge in [0.1, 0.15) is 0 Å². The normalized spacial score (nSPS) is 16.3. The first-order valence-corrected chi connectivity index (χ1v) is 7.55. The largest absolute Gasteiger partial charge is 0.335 e. The molecule has 1 aromatic carbocycles. The second-order valence-corrected chi connectivity index (χ2v) is 5.65. The van der Waals surface area contributed by atoms with Crippen LogP contribution in [-0.2, 0) is 11.3 Å². The molecule has 1 saturated carbocycles. The van der Waals surface area contributed by atoms with Crippen molar-refractivity contribution in [3.05, 3.63) is 35.4 Å². The number of carbonyl (C=O) groups is 1. The van der Waals surface area contributed by atoms with E-state index in [0.29, 0.717) is 18.4 Å². The van der Waals surface area contributed by atoms with Crippen molar-refractivity contribution in [3.8, 4) is 0 Å². The fraction of sp³-hybridized carbons (Fsp3) is 0.588. The summed E-state index contributed by atoms with van der Waals surface area (Å²) in [6, 6.07) is 9.01. The Hall–Kier alpha value is -1.31.